The molecule has 0 aromatic carbocycles. The summed E-state index contributed by atoms with van der Waals surface area (Å²) in [6, 6.07) is 6.00. The number of carbonyl (C=O) groups excluding carboxylic acids is 1. The van der Waals surface area contributed by atoms with E-state index in [2.05, 4.69) is 37.1 Å². The van der Waals surface area contributed by atoms with Crippen LogP contribution >= 0.6 is 0 Å². The number of likely N-dealkylation sites (N-methyl/N-ethyl adjacent to an activating group) is 1. The average molecular weight is 609 g/mol. The minimum atomic E-state index is -4.60. The lowest BCUT2D eigenvalue weighted by Crippen LogP contribution is -2.45. The van der Waals surface area contributed by atoms with Crippen molar-refractivity contribution in [3.63, 3.8) is 0 Å². The number of nitrogens with zero attached hydrogens (tertiary/aromatic N) is 6. The molecule has 0 saturated carbocycles. The van der Waals surface area contributed by atoms with E-state index in [4.69, 9.17) is 4.74 Å². The first-order chi connectivity index (χ1) is 21.2. The van der Waals surface area contributed by atoms with Crippen LogP contribution in [-0.2, 0) is 19.3 Å². The molecule has 0 unspecified atom stereocenters. The largest absolute Gasteiger partial charge is 0.455 e. The van der Waals surface area contributed by atoms with E-state index < -0.39 is 17.8 Å². The number of nitrogens with one attached hydrogen (secondary N) is 2. The highest BCUT2D eigenvalue weighted by Gasteiger charge is 2.36. The van der Waals surface area contributed by atoms with Crippen molar-refractivity contribution in [1.29, 1.82) is 0 Å². The van der Waals surface area contributed by atoms with E-state index in [0.717, 1.165) is 48.8 Å². The SMILES string of the molecule is CC[C@H]1CN(C(=O)Nc2cnc(CN3CCN(CC)CC3)c(C(F)(F)F)c2)Cc2cc(Oc3ccnc4[nH]ccc34)cnc21. The second-order valence-corrected chi connectivity index (χ2v) is 11.2. The molecule has 0 spiro atoms. The lowest BCUT2D eigenvalue weighted by atomic mass is 9.92. The Kier molecular flexibility index (Phi) is 8.41. The molecule has 1 saturated heterocycles. The van der Waals surface area contributed by atoms with E-state index in [1.165, 1.54) is 6.20 Å². The molecule has 6 heterocycles. The number of anilines is 1. The molecule has 0 radical (unpaired) electrons. The van der Waals surface area contributed by atoms with Gasteiger partial charge in [-0.1, -0.05) is 13.8 Å². The topological polar surface area (TPSA) is 103 Å². The van der Waals surface area contributed by atoms with E-state index in [-0.39, 0.29) is 30.4 Å². The molecule has 6 rings (SSSR count). The molecule has 2 N–H and O–H groups in total. The number of H-pyrrole nitrogens is 1. The molecule has 4 aromatic heterocycles. The summed E-state index contributed by atoms with van der Waals surface area (Å²) in [5, 5.41) is 3.49. The fourth-order valence-electron chi connectivity index (χ4n) is 5.91. The quantitative estimate of drug-likeness (QED) is 0.272. The molecule has 2 aliphatic rings. The number of rotatable bonds is 7. The molecule has 2 amide bonds. The fraction of sp³-hybridized carbons (Fsp3) is 0.419. The molecule has 10 nitrogen and oxygen atoms in total. The second kappa shape index (κ2) is 12.4. The predicted octanol–water partition coefficient (Wildman–Crippen LogP) is 5.84. The Labute approximate surface area is 253 Å². The maximum Gasteiger partial charge on any atom is 0.418 e. The van der Waals surface area contributed by atoms with Gasteiger partial charge < -0.3 is 24.8 Å². The van der Waals surface area contributed by atoms with Gasteiger partial charge in [0.05, 0.1) is 40.4 Å². The van der Waals surface area contributed by atoms with Crippen LogP contribution in [0.2, 0.25) is 0 Å². The molecule has 4 aromatic rings. The summed E-state index contributed by atoms with van der Waals surface area (Å²) in [4.78, 5) is 35.4. The maximum absolute atomic E-state index is 14.1. The van der Waals surface area contributed by atoms with Gasteiger partial charge in [0.15, 0.2) is 0 Å². The Bertz CT molecular complexity index is 1630. The number of hydrogen-bond donors (Lipinski definition) is 2. The molecular formula is C31H35F3N8O2. The highest BCUT2D eigenvalue weighted by atomic mass is 19.4. The van der Waals surface area contributed by atoms with Gasteiger partial charge in [0.1, 0.15) is 17.1 Å². The van der Waals surface area contributed by atoms with Crippen molar-refractivity contribution in [2.24, 2.45) is 0 Å². The van der Waals surface area contributed by atoms with Crippen LogP contribution in [0.3, 0.4) is 0 Å². The van der Waals surface area contributed by atoms with Crippen molar-refractivity contribution in [2.75, 3.05) is 44.6 Å². The first kappa shape index (κ1) is 29.8. The van der Waals surface area contributed by atoms with Gasteiger partial charge in [0.2, 0.25) is 0 Å². The van der Waals surface area contributed by atoms with Crippen molar-refractivity contribution >= 4 is 22.8 Å². The average Bonchev–Trinajstić information content (AvgIpc) is 3.51. The van der Waals surface area contributed by atoms with E-state index in [0.29, 0.717) is 36.8 Å². The van der Waals surface area contributed by atoms with Crippen LogP contribution in [0.1, 0.15) is 48.7 Å². The van der Waals surface area contributed by atoms with Gasteiger partial charge in [0, 0.05) is 64.1 Å². The molecule has 44 heavy (non-hydrogen) atoms. The lowest BCUT2D eigenvalue weighted by molar-refractivity contribution is -0.138. The number of alkyl halides is 3. The van der Waals surface area contributed by atoms with Crippen molar-refractivity contribution in [1.82, 2.24) is 34.6 Å². The molecule has 1 fully saturated rings. The normalized spacial score (nSPS) is 17.9. The summed E-state index contributed by atoms with van der Waals surface area (Å²) >= 11 is 0. The van der Waals surface area contributed by atoms with E-state index >= 15 is 0 Å². The number of aromatic amines is 1. The van der Waals surface area contributed by atoms with E-state index in [1.807, 2.05) is 24.0 Å². The van der Waals surface area contributed by atoms with Crippen LogP contribution in [0, 0.1) is 0 Å². The van der Waals surface area contributed by atoms with Crippen LogP contribution in [0.4, 0.5) is 23.7 Å². The molecule has 232 valence electrons. The molecule has 1 atom stereocenters. The summed E-state index contributed by atoms with van der Waals surface area (Å²) in [5.41, 5.74) is 1.54. The van der Waals surface area contributed by atoms with Gasteiger partial charge in [-0.05, 0) is 42.8 Å². The Balaban J connectivity index is 1.17. The Morgan fingerprint density at radius 1 is 1.07 bits per heavy atom. The van der Waals surface area contributed by atoms with Crippen LogP contribution in [0.5, 0.6) is 11.5 Å². The predicted molar refractivity (Wildman–Crippen MR) is 159 cm³/mol. The molecule has 2 aliphatic heterocycles. The van der Waals surface area contributed by atoms with Crippen LogP contribution in [-0.4, -0.2) is 79.9 Å². The third-order valence-electron chi connectivity index (χ3n) is 8.41. The first-order valence-electron chi connectivity index (χ1n) is 14.9. The third kappa shape index (κ3) is 6.34. The molecule has 0 bridgehead atoms. The number of aromatic nitrogens is 4. The summed E-state index contributed by atoms with van der Waals surface area (Å²) < 4.78 is 48.4. The number of hydrogen-bond acceptors (Lipinski definition) is 7. The zero-order chi connectivity index (χ0) is 30.8. The van der Waals surface area contributed by atoms with E-state index in [1.54, 1.807) is 29.6 Å². The number of urea groups is 1. The highest BCUT2D eigenvalue weighted by Crippen LogP contribution is 2.36. The minimum absolute atomic E-state index is 0.00383. The number of pyridine rings is 3. The van der Waals surface area contributed by atoms with Crippen molar-refractivity contribution < 1.29 is 22.7 Å². The van der Waals surface area contributed by atoms with Crippen molar-refractivity contribution in [3.05, 3.63) is 71.6 Å². The third-order valence-corrected chi connectivity index (χ3v) is 8.41. The zero-order valence-corrected chi connectivity index (χ0v) is 24.7. The van der Waals surface area contributed by atoms with Gasteiger partial charge in [-0.25, -0.2) is 9.78 Å². The number of piperazine rings is 1. The smallest absolute Gasteiger partial charge is 0.418 e. The summed E-state index contributed by atoms with van der Waals surface area (Å²) in [6.45, 7) is 8.73. The highest BCUT2D eigenvalue weighted by molar-refractivity contribution is 5.89. The summed E-state index contributed by atoms with van der Waals surface area (Å²) in [6.07, 6.45) is 2.55. The fourth-order valence-corrected chi connectivity index (χ4v) is 5.91. The Morgan fingerprint density at radius 3 is 2.61 bits per heavy atom. The van der Waals surface area contributed by atoms with Gasteiger partial charge in [-0.3, -0.25) is 14.9 Å². The zero-order valence-electron chi connectivity index (χ0n) is 24.7. The van der Waals surface area contributed by atoms with Gasteiger partial charge in [-0.15, -0.1) is 0 Å². The number of amides is 2. The molecule has 13 heteroatoms. The number of fused-ring (bicyclic) bond motifs is 2. The maximum atomic E-state index is 14.1. The standard InChI is InChI=1S/C31H35F3N8O2/c1-3-20-17-42(18-21-13-23(16-38-28(20)21)44-27-6-8-36-29-24(27)5-7-35-29)30(43)39-22-14-25(31(32,33)34)26(37-15-22)19-41-11-9-40(4-2)10-12-41/h5-8,13-16,20H,3-4,9-12,17-19H2,1-2H3,(H,35,36)(H,39,43)/t20-/m0/s1. The van der Waals surface area contributed by atoms with Crippen LogP contribution < -0.4 is 10.1 Å². The lowest BCUT2D eigenvalue weighted by Gasteiger charge is -2.34. The van der Waals surface area contributed by atoms with Gasteiger partial charge in [0.25, 0.3) is 0 Å². The number of halogens is 3. The monoisotopic (exact) mass is 608 g/mol. The number of carbonyl (C=O) groups is 1. The van der Waals surface area contributed by atoms with Crippen LogP contribution in [0.15, 0.2) is 49.1 Å². The van der Waals surface area contributed by atoms with Gasteiger partial charge >= 0.3 is 12.2 Å². The van der Waals surface area contributed by atoms with Crippen molar-refractivity contribution in [2.45, 2.75) is 45.5 Å². The molecule has 0 aliphatic carbocycles. The number of ether oxygens (including phenoxy) is 1. The molecular weight excluding hydrogens is 573 g/mol. The summed E-state index contributed by atoms with van der Waals surface area (Å²) in [5.74, 6) is 1.10. The van der Waals surface area contributed by atoms with Crippen molar-refractivity contribution in [3.8, 4) is 11.5 Å². The minimum Gasteiger partial charge on any atom is -0.455 e. The first-order valence-corrected chi connectivity index (χ1v) is 14.9. The Hall–Kier alpha value is -4.23. The van der Waals surface area contributed by atoms with Gasteiger partial charge in [-0.2, -0.15) is 13.2 Å². The Morgan fingerprint density at radius 2 is 1.86 bits per heavy atom. The second-order valence-electron chi connectivity index (χ2n) is 11.2. The van der Waals surface area contributed by atoms with E-state index in [9.17, 15) is 18.0 Å². The van der Waals surface area contributed by atoms with Crippen LogP contribution in [0.25, 0.3) is 11.0 Å². The summed E-state index contributed by atoms with van der Waals surface area (Å²) in [7, 11) is 0.